The predicted molar refractivity (Wildman–Crippen MR) is 47.2 cm³/mol. The van der Waals surface area contributed by atoms with E-state index in [4.69, 9.17) is 0 Å². The van der Waals surface area contributed by atoms with Crippen LogP contribution in [-0.2, 0) is 0 Å². The van der Waals surface area contributed by atoms with Crippen LogP contribution in [0.1, 0.15) is 26.7 Å². The second kappa shape index (κ2) is 2.40. The Labute approximate surface area is 68.2 Å². The Balaban J connectivity index is 2.21. The Hall–Kier alpha value is -0.720. The van der Waals surface area contributed by atoms with E-state index in [0.717, 1.165) is 12.5 Å². The van der Waals surface area contributed by atoms with Crippen LogP contribution in [0.5, 0.6) is 0 Å². The third kappa shape index (κ3) is 1.09. The maximum atomic E-state index is 3.48. The minimum absolute atomic E-state index is 0.773. The van der Waals surface area contributed by atoms with Crippen molar-refractivity contribution in [2.75, 3.05) is 6.54 Å². The molecule has 1 atom stereocenters. The van der Waals surface area contributed by atoms with Crippen LogP contribution in [0.15, 0.2) is 22.9 Å². The van der Waals surface area contributed by atoms with Gasteiger partial charge in [0.1, 0.15) is 0 Å². The number of hydrogen-bond donors (Lipinski definition) is 1. The third-order valence-electron chi connectivity index (χ3n) is 2.73. The van der Waals surface area contributed by atoms with Crippen LogP contribution in [0.3, 0.4) is 0 Å². The van der Waals surface area contributed by atoms with Crippen LogP contribution in [-0.4, -0.2) is 6.54 Å². The highest BCUT2D eigenvalue weighted by molar-refractivity contribution is 5.32. The van der Waals surface area contributed by atoms with E-state index >= 15 is 0 Å². The fourth-order valence-electron chi connectivity index (χ4n) is 1.95. The Bertz CT molecular complexity index is 235. The lowest BCUT2D eigenvalue weighted by Crippen LogP contribution is -2.10. The van der Waals surface area contributed by atoms with Crippen molar-refractivity contribution in [2.45, 2.75) is 26.7 Å². The molecule has 0 aromatic carbocycles. The van der Waals surface area contributed by atoms with Gasteiger partial charge in [0.05, 0.1) is 0 Å². The first-order valence-corrected chi connectivity index (χ1v) is 4.39. The molecule has 0 saturated heterocycles. The Kier molecular flexibility index (Phi) is 1.52. The van der Waals surface area contributed by atoms with Crippen molar-refractivity contribution in [3.8, 4) is 0 Å². The molecule has 0 spiro atoms. The fourth-order valence-corrected chi connectivity index (χ4v) is 1.95. The fraction of sp³-hybridized carbons (Fsp3) is 0.600. The van der Waals surface area contributed by atoms with Gasteiger partial charge in [-0.3, -0.25) is 0 Å². The largest absolute Gasteiger partial charge is 0.388 e. The molecule has 0 fully saturated rings. The number of rotatable bonds is 0. The zero-order valence-corrected chi connectivity index (χ0v) is 7.28. The molecule has 11 heavy (non-hydrogen) atoms. The van der Waals surface area contributed by atoms with Crippen molar-refractivity contribution >= 4 is 0 Å². The molecule has 0 amide bonds. The summed E-state index contributed by atoms with van der Waals surface area (Å²) in [6, 6.07) is 0. The maximum Gasteiger partial charge on any atom is 0.0207 e. The highest BCUT2D eigenvalue weighted by Crippen LogP contribution is 2.31. The van der Waals surface area contributed by atoms with E-state index in [0.29, 0.717) is 0 Å². The molecule has 0 aromatic rings. The molecule has 0 radical (unpaired) electrons. The smallest absolute Gasteiger partial charge is 0.0207 e. The van der Waals surface area contributed by atoms with E-state index in [2.05, 4.69) is 25.2 Å². The summed E-state index contributed by atoms with van der Waals surface area (Å²) in [5.74, 6) is 0.773. The van der Waals surface area contributed by atoms with Gasteiger partial charge in [0.2, 0.25) is 0 Å². The monoisotopic (exact) mass is 149 g/mol. The summed E-state index contributed by atoms with van der Waals surface area (Å²) in [7, 11) is 0. The van der Waals surface area contributed by atoms with Gasteiger partial charge in [-0.15, -0.1) is 0 Å². The molecule has 60 valence electrons. The molecule has 1 heterocycles. The van der Waals surface area contributed by atoms with Crippen molar-refractivity contribution < 1.29 is 0 Å². The highest BCUT2D eigenvalue weighted by Gasteiger charge is 2.22. The standard InChI is InChI=1S/C10H15N/c1-7-3-4-9-8(2)6-11-10(9)5-7/h3,8,11H,4-6H2,1-2H3. The van der Waals surface area contributed by atoms with Crippen LogP contribution in [0.25, 0.3) is 0 Å². The van der Waals surface area contributed by atoms with E-state index in [9.17, 15) is 0 Å². The van der Waals surface area contributed by atoms with E-state index in [1.807, 2.05) is 0 Å². The quantitative estimate of drug-likeness (QED) is 0.521. The zero-order valence-electron chi connectivity index (χ0n) is 7.28. The Morgan fingerprint density at radius 3 is 3.18 bits per heavy atom. The van der Waals surface area contributed by atoms with E-state index in [-0.39, 0.29) is 0 Å². The van der Waals surface area contributed by atoms with Gasteiger partial charge < -0.3 is 5.32 Å². The molecule has 2 aliphatic rings. The lowest BCUT2D eigenvalue weighted by molar-refractivity contribution is 0.683. The van der Waals surface area contributed by atoms with Crippen LogP contribution >= 0.6 is 0 Å². The Morgan fingerprint density at radius 2 is 2.36 bits per heavy atom. The molecule has 1 nitrogen and oxygen atoms in total. The van der Waals surface area contributed by atoms with Gasteiger partial charge in [0.25, 0.3) is 0 Å². The van der Waals surface area contributed by atoms with Crippen molar-refractivity contribution in [3.63, 3.8) is 0 Å². The summed E-state index contributed by atoms with van der Waals surface area (Å²) >= 11 is 0. The first-order valence-electron chi connectivity index (χ1n) is 4.39. The van der Waals surface area contributed by atoms with Gasteiger partial charge in [0.15, 0.2) is 0 Å². The summed E-state index contributed by atoms with van der Waals surface area (Å²) in [6.45, 7) is 5.68. The lowest BCUT2D eigenvalue weighted by Gasteiger charge is -2.13. The average Bonchev–Trinajstić information content (AvgIpc) is 2.32. The summed E-state index contributed by atoms with van der Waals surface area (Å²) in [5, 5.41) is 3.48. The van der Waals surface area contributed by atoms with Gasteiger partial charge in [-0.1, -0.05) is 18.6 Å². The summed E-state index contributed by atoms with van der Waals surface area (Å²) in [4.78, 5) is 0. The van der Waals surface area contributed by atoms with Gasteiger partial charge >= 0.3 is 0 Å². The molecular formula is C10H15N. The molecule has 1 N–H and O–H groups in total. The topological polar surface area (TPSA) is 12.0 Å². The van der Waals surface area contributed by atoms with Crippen LogP contribution < -0.4 is 5.32 Å². The second-order valence-corrected chi connectivity index (χ2v) is 3.72. The van der Waals surface area contributed by atoms with Gasteiger partial charge in [-0.05, 0) is 24.8 Å². The maximum absolute atomic E-state index is 3.48. The number of nitrogens with one attached hydrogen (secondary N) is 1. The van der Waals surface area contributed by atoms with E-state index < -0.39 is 0 Å². The minimum Gasteiger partial charge on any atom is -0.388 e. The Morgan fingerprint density at radius 1 is 1.55 bits per heavy atom. The van der Waals surface area contributed by atoms with Crippen molar-refractivity contribution in [1.29, 1.82) is 0 Å². The molecule has 0 bridgehead atoms. The lowest BCUT2D eigenvalue weighted by atomic mass is 9.92. The first-order chi connectivity index (χ1) is 5.27. The molecule has 1 aliphatic carbocycles. The van der Waals surface area contributed by atoms with Crippen LogP contribution in [0.4, 0.5) is 0 Å². The molecule has 1 heteroatoms. The molecule has 0 saturated carbocycles. The number of hydrogen-bond acceptors (Lipinski definition) is 1. The average molecular weight is 149 g/mol. The SMILES string of the molecule is CC1=CCC2=C(C1)NCC2C. The molecule has 1 unspecified atom stereocenters. The predicted octanol–water partition coefficient (Wildman–Crippen LogP) is 2.22. The summed E-state index contributed by atoms with van der Waals surface area (Å²) in [6.07, 6.45) is 4.72. The van der Waals surface area contributed by atoms with Crippen LogP contribution in [0.2, 0.25) is 0 Å². The van der Waals surface area contributed by atoms with Gasteiger partial charge in [-0.25, -0.2) is 0 Å². The molecule has 2 rings (SSSR count). The molecular weight excluding hydrogens is 134 g/mol. The minimum atomic E-state index is 0.773. The first kappa shape index (κ1) is 6.96. The van der Waals surface area contributed by atoms with E-state index in [1.54, 1.807) is 5.57 Å². The van der Waals surface area contributed by atoms with Crippen molar-refractivity contribution in [2.24, 2.45) is 5.92 Å². The zero-order chi connectivity index (χ0) is 7.84. The normalized spacial score (nSPS) is 29.6. The van der Waals surface area contributed by atoms with E-state index in [1.165, 1.54) is 24.1 Å². The summed E-state index contributed by atoms with van der Waals surface area (Å²) in [5.41, 5.74) is 4.68. The third-order valence-corrected chi connectivity index (χ3v) is 2.73. The number of allylic oxidation sites excluding steroid dienone is 2. The van der Waals surface area contributed by atoms with Crippen molar-refractivity contribution in [3.05, 3.63) is 22.9 Å². The molecule has 0 aromatic heterocycles. The molecule has 1 aliphatic heterocycles. The van der Waals surface area contributed by atoms with Gasteiger partial charge in [0, 0.05) is 18.7 Å². The van der Waals surface area contributed by atoms with Crippen molar-refractivity contribution in [1.82, 2.24) is 5.32 Å². The summed E-state index contributed by atoms with van der Waals surface area (Å²) < 4.78 is 0. The van der Waals surface area contributed by atoms with Gasteiger partial charge in [-0.2, -0.15) is 0 Å². The highest BCUT2D eigenvalue weighted by atomic mass is 14.9. The second-order valence-electron chi connectivity index (χ2n) is 3.72. The van der Waals surface area contributed by atoms with Crippen LogP contribution in [0, 0.1) is 5.92 Å².